The van der Waals surface area contributed by atoms with Crippen molar-refractivity contribution in [3.05, 3.63) is 5.56 Å². The van der Waals surface area contributed by atoms with Crippen molar-refractivity contribution in [2.24, 2.45) is 0 Å². The minimum atomic E-state index is -3.01. The maximum atomic E-state index is 11.0. The zero-order valence-electron chi connectivity index (χ0n) is 8.97. The molecule has 0 spiro atoms. The van der Waals surface area contributed by atoms with Crippen LogP contribution in [0.1, 0.15) is 5.56 Å². The molecule has 0 bridgehead atoms. The fourth-order valence-electron chi connectivity index (χ4n) is 1.06. The second kappa shape index (κ2) is 4.67. The van der Waals surface area contributed by atoms with Crippen molar-refractivity contribution >= 4 is 32.2 Å². The molecule has 0 aliphatic rings. The summed E-state index contributed by atoms with van der Waals surface area (Å²) in [6.45, 7) is 0.315. The van der Waals surface area contributed by atoms with Crippen molar-refractivity contribution in [2.45, 2.75) is 0 Å². The number of hydrogen-bond acceptors (Lipinski definition) is 7. The normalized spacial score (nSPS) is 11.1. The second-order valence-electron chi connectivity index (χ2n) is 3.41. The quantitative estimate of drug-likeness (QED) is 0.822. The molecule has 0 unspecified atom stereocenters. The lowest BCUT2D eigenvalue weighted by Gasteiger charge is -2.15. The zero-order valence-corrected chi connectivity index (χ0v) is 10.6. The summed E-state index contributed by atoms with van der Waals surface area (Å²) in [6, 6.07) is 1.95. The number of nitrogens with zero attached hydrogens (tertiary/aromatic N) is 3. The molecule has 2 N–H and O–H groups in total. The van der Waals surface area contributed by atoms with E-state index in [2.05, 4.69) is 4.37 Å². The zero-order chi connectivity index (χ0) is 12.3. The summed E-state index contributed by atoms with van der Waals surface area (Å²) in [4.78, 5) is 1.67. The predicted molar refractivity (Wildman–Crippen MR) is 64.2 cm³/mol. The molecule has 1 aromatic rings. The van der Waals surface area contributed by atoms with E-state index in [4.69, 9.17) is 11.0 Å². The summed E-state index contributed by atoms with van der Waals surface area (Å²) in [5.41, 5.74) is 5.81. The number of nitrogens with two attached hydrogens (primary N) is 1. The summed E-state index contributed by atoms with van der Waals surface area (Å²) in [7, 11) is -1.30. The van der Waals surface area contributed by atoms with Crippen molar-refractivity contribution in [3.8, 4) is 6.07 Å². The van der Waals surface area contributed by atoms with Crippen molar-refractivity contribution in [1.29, 1.82) is 5.26 Å². The number of nitriles is 1. The standard InChI is InChI=1S/C8H12N4O2S2/c1-12(3-4-16(2,13)14)8-6(5-9)7(10)11-15-8/h3-4H2,1-2H3,(H2,10,11). The van der Waals surface area contributed by atoms with Crippen molar-refractivity contribution in [1.82, 2.24) is 4.37 Å². The first-order chi connectivity index (χ1) is 7.35. The molecule has 0 amide bonds. The summed E-state index contributed by atoms with van der Waals surface area (Å²) >= 11 is 1.09. The van der Waals surface area contributed by atoms with E-state index in [1.807, 2.05) is 6.07 Å². The molecule has 8 heteroatoms. The lowest BCUT2D eigenvalue weighted by atomic mass is 10.3. The molecule has 6 nitrogen and oxygen atoms in total. The van der Waals surface area contributed by atoms with E-state index in [1.165, 1.54) is 6.26 Å². The van der Waals surface area contributed by atoms with Crippen LogP contribution in [0.5, 0.6) is 0 Å². The molecule has 0 saturated carbocycles. The fourth-order valence-corrected chi connectivity index (χ4v) is 2.42. The van der Waals surface area contributed by atoms with Crippen LogP contribution < -0.4 is 10.6 Å². The Hall–Kier alpha value is -1.33. The van der Waals surface area contributed by atoms with Crippen LogP contribution in [0.2, 0.25) is 0 Å². The van der Waals surface area contributed by atoms with Gasteiger partial charge in [0, 0.05) is 19.8 Å². The molecule has 16 heavy (non-hydrogen) atoms. The molecule has 1 heterocycles. The monoisotopic (exact) mass is 260 g/mol. The first-order valence-electron chi connectivity index (χ1n) is 4.39. The number of rotatable bonds is 4. The lowest BCUT2D eigenvalue weighted by Crippen LogP contribution is -2.24. The molecule has 0 fully saturated rings. The summed E-state index contributed by atoms with van der Waals surface area (Å²) < 4.78 is 25.9. The van der Waals surface area contributed by atoms with Crippen LogP contribution in [0.15, 0.2) is 0 Å². The van der Waals surface area contributed by atoms with E-state index in [1.54, 1.807) is 11.9 Å². The van der Waals surface area contributed by atoms with E-state index in [0.29, 0.717) is 17.1 Å². The summed E-state index contributed by atoms with van der Waals surface area (Å²) in [6.07, 6.45) is 1.17. The Bertz CT molecular complexity index is 515. The Morgan fingerprint density at radius 3 is 2.75 bits per heavy atom. The van der Waals surface area contributed by atoms with Gasteiger partial charge in [-0.2, -0.15) is 9.64 Å². The third-order valence-corrected chi connectivity index (χ3v) is 3.86. The van der Waals surface area contributed by atoms with Crippen molar-refractivity contribution < 1.29 is 8.42 Å². The van der Waals surface area contributed by atoms with E-state index >= 15 is 0 Å². The lowest BCUT2D eigenvalue weighted by molar-refractivity contribution is 0.601. The summed E-state index contributed by atoms with van der Waals surface area (Å²) in [5.74, 6) is 0.223. The van der Waals surface area contributed by atoms with Crippen LogP contribution in [-0.2, 0) is 9.84 Å². The van der Waals surface area contributed by atoms with Crippen molar-refractivity contribution in [2.75, 3.05) is 36.2 Å². The highest BCUT2D eigenvalue weighted by molar-refractivity contribution is 7.90. The van der Waals surface area contributed by atoms with Crippen LogP contribution in [0.3, 0.4) is 0 Å². The van der Waals surface area contributed by atoms with E-state index in [9.17, 15) is 8.42 Å². The molecule has 0 aromatic carbocycles. The third-order valence-electron chi connectivity index (χ3n) is 1.96. The van der Waals surface area contributed by atoms with Gasteiger partial charge in [-0.1, -0.05) is 0 Å². The number of sulfone groups is 1. The van der Waals surface area contributed by atoms with Gasteiger partial charge in [0.05, 0.1) is 5.75 Å². The van der Waals surface area contributed by atoms with Gasteiger partial charge < -0.3 is 10.6 Å². The van der Waals surface area contributed by atoms with E-state index in [0.717, 1.165) is 11.5 Å². The first-order valence-corrected chi connectivity index (χ1v) is 7.22. The van der Waals surface area contributed by atoms with Gasteiger partial charge in [0.1, 0.15) is 26.5 Å². The van der Waals surface area contributed by atoms with Gasteiger partial charge in [-0.3, -0.25) is 0 Å². The molecule has 1 aromatic heterocycles. The molecule has 88 valence electrons. The summed E-state index contributed by atoms with van der Waals surface area (Å²) in [5, 5.41) is 9.46. The first kappa shape index (κ1) is 12.7. The van der Waals surface area contributed by atoms with Gasteiger partial charge in [0.25, 0.3) is 0 Å². The van der Waals surface area contributed by atoms with Gasteiger partial charge in [0.15, 0.2) is 5.82 Å². The van der Waals surface area contributed by atoms with Gasteiger partial charge in [0.2, 0.25) is 0 Å². The average Bonchev–Trinajstić information content (AvgIpc) is 2.54. The van der Waals surface area contributed by atoms with Crippen LogP contribution in [0.25, 0.3) is 0 Å². The number of aromatic nitrogens is 1. The molecule has 0 radical (unpaired) electrons. The van der Waals surface area contributed by atoms with Crippen LogP contribution in [0, 0.1) is 11.3 Å². The van der Waals surface area contributed by atoms with E-state index < -0.39 is 9.84 Å². The van der Waals surface area contributed by atoms with Crippen LogP contribution in [-0.4, -0.2) is 38.4 Å². The number of nitrogen functional groups attached to an aromatic ring is 1. The Morgan fingerprint density at radius 2 is 2.25 bits per heavy atom. The predicted octanol–water partition coefficient (Wildman–Crippen LogP) is 0.0778. The van der Waals surface area contributed by atoms with E-state index in [-0.39, 0.29) is 11.6 Å². The fraction of sp³-hybridized carbons (Fsp3) is 0.500. The molecule has 0 aliphatic carbocycles. The van der Waals surface area contributed by atoms with Gasteiger partial charge in [-0.15, -0.1) is 0 Å². The highest BCUT2D eigenvalue weighted by Crippen LogP contribution is 2.28. The maximum absolute atomic E-state index is 11.0. The smallest absolute Gasteiger partial charge is 0.157 e. The molecule has 0 saturated heterocycles. The molecule has 0 aliphatic heterocycles. The molecule has 0 atom stereocenters. The topological polar surface area (TPSA) is 100 Å². The Balaban J connectivity index is 2.82. The molecular weight excluding hydrogens is 248 g/mol. The second-order valence-corrected chi connectivity index (χ2v) is 6.42. The maximum Gasteiger partial charge on any atom is 0.157 e. The minimum Gasteiger partial charge on any atom is -0.382 e. The molecule has 1 rings (SSSR count). The molecular formula is C8H12N4O2S2. The van der Waals surface area contributed by atoms with Gasteiger partial charge in [-0.05, 0) is 11.5 Å². The highest BCUT2D eigenvalue weighted by atomic mass is 32.2. The number of anilines is 2. The van der Waals surface area contributed by atoms with Crippen LogP contribution >= 0.6 is 11.5 Å². The highest BCUT2D eigenvalue weighted by Gasteiger charge is 2.15. The Morgan fingerprint density at radius 1 is 1.62 bits per heavy atom. The SMILES string of the molecule is CN(CCS(C)(=O)=O)c1snc(N)c1C#N. The van der Waals surface area contributed by atoms with Gasteiger partial charge in [-0.25, -0.2) is 8.42 Å². The van der Waals surface area contributed by atoms with Crippen LogP contribution in [0.4, 0.5) is 10.8 Å². The minimum absolute atomic E-state index is 0.0339. The van der Waals surface area contributed by atoms with Crippen molar-refractivity contribution in [3.63, 3.8) is 0 Å². The third kappa shape index (κ3) is 3.08. The Kier molecular flexibility index (Phi) is 3.72. The Labute approximate surface area is 98.4 Å². The average molecular weight is 260 g/mol. The largest absolute Gasteiger partial charge is 0.382 e. The van der Waals surface area contributed by atoms with Gasteiger partial charge >= 0.3 is 0 Å². The number of hydrogen-bond donors (Lipinski definition) is 1.